The number of aromatic nitrogens is 3. The normalized spacial score (nSPS) is 17.2. The molecule has 156 valence electrons. The highest BCUT2D eigenvalue weighted by molar-refractivity contribution is 7.89. The first-order chi connectivity index (χ1) is 14.4. The third-order valence-corrected chi connectivity index (χ3v) is 7.09. The molecule has 4 rings (SSSR count). The summed E-state index contributed by atoms with van der Waals surface area (Å²) in [5.74, 6) is 0.920. The van der Waals surface area contributed by atoms with Gasteiger partial charge in [-0.25, -0.2) is 13.4 Å². The number of rotatable bonds is 5. The van der Waals surface area contributed by atoms with Gasteiger partial charge < -0.3 is 9.72 Å². The van der Waals surface area contributed by atoms with Crippen LogP contribution < -0.4 is 10.3 Å². The molecule has 1 aromatic carbocycles. The maximum Gasteiger partial charge on any atom is 0.251 e. The number of hydrogen-bond acceptors (Lipinski definition) is 6. The summed E-state index contributed by atoms with van der Waals surface area (Å²) in [4.78, 5) is 24.0. The molecule has 1 aliphatic rings. The molecule has 0 spiro atoms. The fourth-order valence-electron chi connectivity index (χ4n) is 3.65. The number of pyridine rings is 1. The molecule has 0 aliphatic carbocycles. The summed E-state index contributed by atoms with van der Waals surface area (Å²) >= 11 is 0. The summed E-state index contributed by atoms with van der Waals surface area (Å²) < 4.78 is 32.9. The minimum Gasteiger partial charge on any atom is -0.496 e. The van der Waals surface area contributed by atoms with E-state index in [0.717, 1.165) is 5.56 Å². The summed E-state index contributed by atoms with van der Waals surface area (Å²) in [5.41, 5.74) is 1.54. The van der Waals surface area contributed by atoms with Gasteiger partial charge in [0, 0.05) is 31.3 Å². The van der Waals surface area contributed by atoms with E-state index < -0.39 is 10.0 Å². The molecule has 0 amide bonds. The molecule has 0 saturated carbocycles. The number of methoxy groups -OCH3 is 1. The molecule has 30 heavy (non-hydrogen) atoms. The van der Waals surface area contributed by atoms with Gasteiger partial charge >= 0.3 is 0 Å². The number of hydrogen-bond donors (Lipinski definition) is 1. The largest absolute Gasteiger partial charge is 0.496 e. The summed E-state index contributed by atoms with van der Waals surface area (Å²) in [6.07, 6.45) is 2.21. The molecular weight excluding hydrogens is 404 g/mol. The van der Waals surface area contributed by atoms with Crippen molar-refractivity contribution in [3.63, 3.8) is 0 Å². The average Bonchev–Trinajstić information content (AvgIpc) is 3.25. The van der Waals surface area contributed by atoms with Gasteiger partial charge in [-0.3, -0.25) is 9.78 Å². The lowest BCUT2D eigenvalue weighted by molar-refractivity contribution is 0.411. The van der Waals surface area contributed by atoms with Gasteiger partial charge in [-0.05, 0) is 49.2 Å². The van der Waals surface area contributed by atoms with E-state index in [2.05, 4.69) is 15.0 Å². The van der Waals surface area contributed by atoms with Crippen LogP contribution in [0, 0.1) is 6.92 Å². The van der Waals surface area contributed by atoms with Crippen LogP contribution >= 0.6 is 0 Å². The Morgan fingerprint density at radius 1 is 1.17 bits per heavy atom. The van der Waals surface area contributed by atoms with E-state index in [4.69, 9.17) is 4.74 Å². The van der Waals surface area contributed by atoms with Crippen molar-refractivity contribution >= 4 is 10.0 Å². The molecule has 1 N–H and O–H groups in total. The monoisotopic (exact) mass is 426 g/mol. The lowest BCUT2D eigenvalue weighted by atomic mass is 10.1. The maximum absolute atomic E-state index is 13.1. The van der Waals surface area contributed by atoms with Crippen molar-refractivity contribution < 1.29 is 13.2 Å². The van der Waals surface area contributed by atoms with E-state index in [9.17, 15) is 13.2 Å². The molecule has 1 unspecified atom stereocenters. The van der Waals surface area contributed by atoms with Crippen LogP contribution in [0.25, 0.3) is 11.4 Å². The maximum atomic E-state index is 13.1. The van der Waals surface area contributed by atoms with E-state index in [0.29, 0.717) is 35.9 Å². The quantitative estimate of drug-likeness (QED) is 0.671. The number of ether oxygens (including phenoxy) is 1. The summed E-state index contributed by atoms with van der Waals surface area (Å²) in [6, 6.07) is 11.6. The standard InChI is InChI=1S/C21H22N4O4S/c1-14-11-16(6-7-19(14)29-2)30(27,28)25-10-8-15(13-25)21-23-18(12-20(26)24-21)17-5-3-4-9-22-17/h3-7,9,11-12,15H,8,10,13H2,1-2H3,(H,23,24,26). The van der Waals surface area contributed by atoms with Crippen molar-refractivity contribution in [2.45, 2.75) is 24.2 Å². The van der Waals surface area contributed by atoms with Crippen LogP contribution in [-0.4, -0.2) is 47.9 Å². The Hall–Kier alpha value is -3.04. The number of benzene rings is 1. The highest BCUT2D eigenvalue weighted by Gasteiger charge is 2.34. The van der Waals surface area contributed by atoms with Crippen molar-refractivity contribution in [1.82, 2.24) is 19.3 Å². The van der Waals surface area contributed by atoms with Gasteiger partial charge in [-0.1, -0.05) is 6.07 Å². The Balaban J connectivity index is 1.60. The highest BCUT2D eigenvalue weighted by Crippen LogP contribution is 2.31. The second kappa shape index (κ2) is 8.00. The van der Waals surface area contributed by atoms with Crippen LogP contribution in [0.4, 0.5) is 0 Å². The Morgan fingerprint density at radius 2 is 2.00 bits per heavy atom. The minimum atomic E-state index is -3.65. The van der Waals surface area contributed by atoms with E-state index in [1.165, 1.54) is 10.4 Å². The second-order valence-corrected chi connectivity index (χ2v) is 9.15. The number of H-pyrrole nitrogens is 1. The fraction of sp³-hybridized carbons (Fsp3) is 0.286. The first-order valence-corrected chi connectivity index (χ1v) is 11.0. The molecule has 9 heteroatoms. The van der Waals surface area contributed by atoms with Crippen LogP contribution in [0.5, 0.6) is 5.75 Å². The molecule has 1 saturated heterocycles. The Labute approximate surface area is 174 Å². The van der Waals surface area contributed by atoms with Crippen LogP contribution in [0.1, 0.15) is 23.7 Å². The van der Waals surface area contributed by atoms with Crippen molar-refractivity contribution in [2.75, 3.05) is 20.2 Å². The van der Waals surface area contributed by atoms with Gasteiger partial charge in [-0.15, -0.1) is 0 Å². The molecule has 1 aliphatic heterocycles. The molecule has 8 nitrogen and oxygen atoms in total. The molecule has 3 heterocycles. The number of aryl methyl sites for hydroxylation is 1. The lowest BCUT2D eigenvalue weighted by Gasteiger charge is -2.17. The van der Waals surface area contributed by atoms with E-state index in [1.54, 1.807) is 43.6 Å². The molecule has 1 fully saturated rings. The third-order valence-electron chi connectivity index (χ3n) is 5.23. The molecule has 3 aromatic rings. The van der Waals surface area contributed by atoms with E-state index >= 15 is 0 Å². The topological polar surface area (TPSA) is 105 Å². The zero-order chi connectivity index (χ0) is 21.3. The predicted molar refractivity (Wildman–Crippen MR) is 112 cm³/mol. The van der Waals surface area contributed by atoms with Crippen LogP contribution in [0.3, 0.4) is 0 Å². The zero-order valence-corrected chi connectivity index (χ0v) is 17.5. The molecule has 1 atom stereocenters. The third kappa shape index (κ3) is 3.86. The molecule has 2 aromatic heterocycles. The SMILES string of the molecule is COc1ccc(S(=O)(=O)N2CCC(c3nc(-c4ccccn4)cc(=O)[nH]3)C2)cc1C. The van der Waals surface area contributed by atoms with Gasteiger partial charge in [0.05, 0.1) is 23.4 Å². The molecule has 0 bridgehead atoms. The summed E-state index contributed by atoms with van der Waals surface area (Å²) in [6.45, 7) is 2.42. The van der Waals surface area contributed by atoms with Crippen LogP contribution in [0.15, 0.2) is 58.4 Å². The van der Waals surface area contributed by atoms with Crippen molar-refractivity contribution in [3.05, 3.63) is 70.4 Å². The van der Waals surface area contributed by atoms with Crippen LogP contribution in [-0.2, 0) is 10.0 Å². The van der Waals surface area contributed by atoms with Crippen molar-refractivity contribution in [2.24, 2.45) is 0 Å². The first-order valence-electron chi connectivity index (χ1n) is 9.56. The second-order valence-electron chi connectivity index (χ2n) is 7.21. The van der Waals surface area contributed by atoms with Gasteiger partial charge in [-0.2, -0.15) is 4.31 Å². The van der Waals surface area contributed by atoms with Gasteiger partial charge in [0.25, 0.3) is 5.56 Å². The van der Waals surface area contributed by atoms with Crippen molar-refractivity contribution in [1.29, 1.82) is 0 Å². The number of nitrogens with zero attached hydrogens (tertiary/aromatic N) is 3. The smallest absolute Gasteiger partial charge is 0.251 e. The number of sulfonamides is 1. The van der Waals surface area contributed by atoms with Gasteiger partial charge in [0.15, 0.2) is 0 Å². The van der Waals surface area contributed by atoms with Crippen LogP contribution in [0.2, 0.25) is 0 Å². The van der Waals surface area contributed by atoms with Gasteiger partial charge in [0.1, 0.15) is 11.6 Å². The lowest BCUT2D eigenvalue weighted by Crippen LogP contribution is -2.29. The molecule has 0 radical (unpaired) electrons. The predicted octanol–water partition coefficient (Wildman–Crippen LogP) is 2.33. The molecular formula is C21H22N4O4S. The number of nitrogens with one attached hydrogen (secondary N) is 1. The van der Waals surface area contributed by atoms with Gasteiger partial charge in [0.2, 0.25) is 10.0 Å². The van der Waals surface area contributed by atoms with Crippen molar-refractivity contribution in [3.8, 4) is 17.1 Å². The fourth-order valence-corrected chi connectivity index (χ4v) is 5.23. The minimum absolute atomic E-state index is 0.199. The summed E-state index contributed by atoms with van der Waals surface area (Å²) in [5, 5.41) is 0. The average molecular weight is 426 g/mol. The zero-order valence-electron chi connectivity index (χ0n) is 16.7. The Bertz CT molecular complexity index is 1230. The Morgan fingerprint density at radius 3 is 2.70 bits per heavy atom. The number of aromatic amines is 1. The van der Waals surface area contributed by atoms with E-state index in [-0.39, 0.29) is 22.9 Å². The summed E-state index contributed by atoms with van der Waals surface area (Å²) in [7, 11) is -2.10. The van der Waals surface area contributed by atoms with E-state index in [1.807, 2.05) is 13.0 Å². The highest BCUT2D eigenvalue weighted by atomic mass is 32.2. The Kier molecular flexibility index (Phi) is 5.40. The first kappa shape index (κ1) is 20.2.